The number of fused-ring (bicyclic) bond motifs is 1. The van der Waals surface area contributed by atoms with E-state index in [1.807, 2.05) is 18.2 Å². The van der Waals surface area contributed by atoms with E-state index in [1.165, 1.54) is 16.8 Å². The molecule has 0 atom stereocenters. The van der Waals surface area contributed by atoms with E-state index in [0.29, 0.717) is 23.0 Å². The van der Waals surface area contributed by atoms with Crippen molar-refractivity contribution in [2.75, 3.05) is 5.75 Å². The van der Waals surface area contributed by atoms with Gasteiger partial charge in [-0.15, -0.1) is 0 Å². The van der Waals surface area contributed by atoms with E-state index in [0.717, 1.165) is 29.3 Å². The van der Waals surface area contributed by atoms with Crippen LogP contribution in [0.4, 0.5) is 0 Å². The van der Waals surface area contributed by atoms with Gasteiger partial charge in [0, 0.05) is 41.2 Å². The molecule has 4 aromatic rings. The lowest BCUT2D eigenvalue weighted by Crippen LogP contribution is -2.22. The smallest absolute Gasteiger partial charge is 0.251 e. The number of aromatic nitrogens is 1. The Bertz CT molecular complexity index is 1480. The molecular formula is C30H34N2O3S. The lowest BCUT2D eigenvalue weighted by Gasteiger charge is -2.16. The summed E-state index contributed by atoms with van der Waals surface area (Å²) < 4.78 is 26.4. The normalized spacial score (nSPS) is 11.8. The van der Waals surface area contributed by atoms with Gasteiger partial charge in [0.1, 0.15) is 0 Å². The van der Waals surface area contributed by atoms with Crippen LogP contribution < -0.4 is 5.32 Å². The third kappa shape index (κ3) is 5.39. The predicted molar refractivity (Wildman–Crippen MR) is 146 cm³/mol. The molecule has 188 valence electrons. The summed E-state index contributed by atoms with van der Waals surface area (Å²) in [5.74, 6) is -0.0889. The number of rotatable bonds is 9. The molecule has 36 heavy (non-hydrogen) atoms. The fourth-order valence-electron chi connectivity index (χ4n) is 4.72. The summed E-state index contributed by atoms with van der Waals surface area (Å²) >= 11 is 0. The van der Waals surface area contributed by atoms with Gasteiger partial charge in [-0.05, 0) is 73.4 Å². The van der Waals surface area contributed by atoms with Crippen LogP contribution in [0, 0.1) is 0 Å². The molecule has 0 unspecified atom stereocenters. The van der Waals surface area contributed by atoms with Crippen LogP contribution in [0.1, 0.15) is 66.5 Å². The van der Waals surface area contributed by atoms with Crippen LogP contribution >= 0.6 is 0 Å². The number of carbonyl (C=O) groups excluding carboxylic acids is 1. The number of sulfone groups is 1. The second kappa shape index (κ2) is 10.7. The van der Waals surface area contributed by atoms with E-state index in [9.17, 15) is 13.2 Å². The van der Waals surface area contributed by atoms with Gasteiger partial charge in [0.2, 0.25) is 0 Å². The first-order chi connectivity index (χ1) is 17.2. The van der Waals surface area contributed by atoms with Gasteiger partial charge in [-0.25, -0.2) is 8.42 Å². The molecule has 1 N–H and O–H groups in total. The lowest BCUT2D eigenvalue weighted by molar-refractivity contribution is 0.0951. The van der Waals surface area contributed by atoms with Gasteiger partial charge < -0.3 is 9.88 Å². The molecular weight excluding hydrogens is 468 g/mol. The summed E-state index contributed by atoms with van der Waals surface area (Å²) in [4.78, 5) is 13.2. The SMILES string of the molecule is CCc1ccccc1Cc1cc2cc(C(=O)NCc3ccc(S(=O)(=O)CC)cc3)ccc2n1C(C)C. The molecule has 3 aromatic carbocycles. The van der Waals surface area contributed by atoms with Crippen LogP contribution in [-0.2, 0) is 29.2 Å². The summed E-state index contributed by atoms with van der Waals surface area (Å²) in [6.45, 7) is 8.51. The van der Waals surface area contributed by atoms with Crippen LogP contribution in [0.5, 0.6) is 0 Å². The molecule has 5 nitrogen and oxygen atoms in total. The standard InChI is InChI=1S/C30H34N2O3S/c1-5-23-9-7-8-10-24(23)18-27-19-26-17-25(13-16-29(26)32(27)21(3)4)30(33)31-20-22-11-14-28(15-12-22)36(34,35)6-2/h7-17,19,21H,5-6,18,20H2,1-4H3,(H,31,33). The fraction of sp³-hybridized carbons (Fsp3) is 0.300. The Kier molecular flexibility index (Phi) is 7.65. The largest absolute Gasteiger partial charge is 0.348 e. The average Bonchev–Trinajstić information content (AvgIpc) is 3.25. The van der Waals surface area contributed by atoms with Crippen molar-refractivity contribution in [1.29, 1.82) is 0 Å². The Balaban J connectivity index is 1.54. The van der Waals surface area contributed by atoms with E-state index in [1.54, 1.807) is 31.2 Å². The zero-order chi connectivity index (χ0) is 25.9. The Morgan fingerprint density at radius 3 is 2.25 bits per heavy atom. The molecule has 6 heteroatoms. The third-order valence-corrected chi connectivity index (χ3v) is 8.43. The molecule has 0 aliphatic carbocycles. The molecule has 0 fully saturated rings. The van der Waals surface area contributed by atoms with E-state index in [4.69, 9.17) is 0 Å². The zero-order valence-corrected chi connectivity index (χ0v) is 22.2. The van der Waals surface area contributed by atoms with E-state index >= 15 is 0 Å². The van der Waals surface area contributed by atoms with Crippen molar-refractivity contribution in [3.8, 4) is 0 Å². The number of carbonyl (C=O) groups is 1. The molecule has 1 aromatic heterocycles. The Morgan fingerprint density at radius 1 is 0.917 bits per heavy atom. The van der Waals surface area contributed by atoms with Gasteiger partial charge in [-0.1, -0.05) is 50.2 Å². The molecule has 0 aliphatic heterocycles. The summed E-state index contributed by atoms with van der Waals surface area (Å²) in [7, 11) is -3.23. The summed E-state index contributed by atoms with van der Waals surface area (Å²) in [5, 5.41) is 4.01. The molecule has 4 rings (SSSR count). The van der Waals surface area contributed by atoms with Crippen LogP contribution in [0.15, 0.2) is 77.7 Å². The number of amides is 1. The van der Waals surface area contributed by atoms with Crippen molar-refractivity contribution in [3.63, 3.8) is 0 Å². The maximum absolute atomic E-state index is 12.9. The average molecular weight is 503 g/mol. The van der Waals surface area contributed by atoms with Gasteiger partial charge in [0.05, 0.1) is 10.6 Å². The molecule has 0 saturated carbocycles. The van der Waals surface area contributed by atoms with Crippen molar-refractivity contribution >= 4 is 26.6 Å². The predicted octanol–water partition coefficient (Wildman–Crippen LogP) is 6.10. The molecule has 0 aliphatic rings. The number of hydrogen-bond acceptors (Lipinski definition) is 3. The first kappa shape index (κ1) is 25.7. The van der Waals surface area contributed by atoms with Crippen LogP contribution in [-0.4, -0.2) is 24.6 Å². The highest BCUT2D eigenvalue weighted by Crippen LogP contribution is 2.28. The van der Waals surface area contributed by atoms with Crippen molar-refractivity contribution in [3.05, 3.63) is 101 Å². The topological polar surface area (TPSA) is 68.2 Å². The van der Waals surface area contributed by atoms with Gasteiger partial charge in [0.25, 0.3) is 5.91 Å². The fourth-order valence-corrected chi connectivity index (χ4v) is 5.60. The Labute approximate surface area is 214 Å². The van der Waals surface area contributed by atoms with Crippen molar-refractivity contribution < 1.29 is 13.2 Å². The quantitative estimate of drug-likeness (QED) is 0.301. The second-order valence-corrected chi connectivity index (χ2v) is 11.7. The lowest BCUT2D eigenvalue weighted by atomic mass is 10.0. The van der Waals surface area contributed by atoms with Gasteiger partial charge >= 0.3 is 0 Å². The number of hydrogen-bond donors (Lipinski definition) is 1. The minimum Gasteiger partial charge on any atom is -0.348 e. The van der Waals surface area contributed by atoms with Crippen molar-refractivity contribution in [1.82, 2.24) is 9.88 Å². The highest BCUT2D eigenvalue weighted by Gasteiger charge is 2.16. The monoisotopic (exact) mass is 502 g/mol. The molecule has 0 saturated heterocycles. The van der Waals surface area contributed by atoms with Gasteiger partial charge in [-0.2, -0.15) is 0 Å². The third-order valence-electron chi connectivity index (χ3n) is 6.68. The number of nitrogens with zero attached hydrogens (tertiary/aromatic N) is 1. The summed E-state index contributed by atoms with van der Waals surface area (Å²) in [6, 6.07) is 23.6. The zero-order valence-electron chi connectivity index (χ0n) is 21.4. The van der Waals surface area contributed by atoms with E-state index in [-0.39, 0.29) is 11.7 Å². The maximum atomic E-state index is 12.9. The van der Waals surface area contributed by atoms with Crippen molar-refractivity contribution in [2.24, 2.45) is 0 Å². The van der Waals surface area contributed by atoms with Gasteiger partial charge in [-0.3, -0.25) is 4.79 Å². The minimum absolute atomic E-state index is 0.0664. The van der Waals surface area contributed by atoms with E-state index in [2.05, 4.69) is 61.0 Å². The number of benzene rings is 3. The highest BCUT2D eigenvalue weighted by atomic mass is 32.2. The number of nitrogens with one attached hydrogen (secondary N) is 1. The molecule has 1 heterocycles. The second-order valence-electron chi connectivity index (χ2n) is 9.40. The summed E-state index contributed by atoms with van der Waals surface area (Å²) in [6.07, 6.45) is 1.85. The minimum atomic E-state index is -3.23. The van der Waals surface area contributed by atoms with Crippen LogP contribution in [0.3, 0.4) is 0 Å². The molecule has 0 spiro atoms. The van der Waals surface area contributed by atoms with Crippen LogP contribution in [0.2, 0.25) is 0 Å². The molecule has 0 bridgehead atoms. The molecule has 0 radical (unpaired) electrons. The number of aryl methyl sites for hydroxylation is 1. The maximum Gasteiger partial charge on any atom is 0.251 e. The van der Waals surface area contributed by atoms with Crippen LogP contribution in [0.25, 0.3) is 10.9 Å². The molecule has 1 amide bonds. The first-order valence-corrected chi connectivity index (χ1v) is 14.2. The first-order valence-electron chi connectivity index (χ1n) is 12.5. The van der Waals surface area contributed by atoms with Gasteiger partial charge in [0.15, 0.2) is 9.84 Å². The summed E-state index contributed by atoms with van der Waals surface area (Å²) in [5.41, 5.74) is 6.51. The Hall–Kier alpha value is -3.38. The Morgan fingerprint density at radius 2 is 1.61 bits per heavy atom. The van der Waals surface area contributed by atoms with E-state index < -0.39 is 9.84 Å². The highest BCUT2D eigenvalue weighted by molar-refractivity contribution is 7.91. The van der Waals surface area contributed by atoms with Crippen molar-refractivity contribution in [2.45, 2.75) is 58.0 Å².